The summed E-state index contributed by atoms with van der Waals surface area (Å²) >= 11 is 0. The molecule has 0 saturated heterocycles. The molecule has 6 aromatic carbocycles. The number of rotatable bonds is 24. The van der Waals surface area contributed by atoms with Gasteiger partial charge in [0.1, 0.15) is 34.5 Å². The molecule has 6 aromatic rings. The molecule has 96 heavy (non-hydrogen) atoms. The number of para-hydroxylation sites is 6. The number of carbonyl (C=O) groups excluding carboxylic acids is 6. The minimum absolute atomic E-state index is 0. The number of aliphatic carboxylic acids is 6. The molecular formula is C70H84Ce2O22S2+2. The number of hydrogen-bond donors (Lipinski definition) is 0. The number of carboxylic acids is 6. The molecule has 0 aromatic heterocycles. The molecule has 0 aliphatic rings. The minimum Gasteiger partial charge on any atom is -0.545 e. The number of ether oxygens (including phenoxy) is 6. The Morgan fingerprint density at radius 2 is 0.385 bits per heavy atom. The van der Waals surface area contributed by atoms with Gasteiger partial charge in [-0.2, -0.15) is 0 Å². The number of benzene rings is 6. The Balaban J connectivity index is -0.000000245. The SMILES string of the molecule is CCOc1ccccc1/C=C/C(=O)[O-].CCOc1ccccc1/C=C/C(=O)[O-].CCOc1ccccc1/C=C/C(=O)[O-].CCOc1ccccc1/C=C/C(=O)[O-].CCOc1ccccc1/C=C/C(=O)[O-].CCOc1ccccc1/C=C/C(=O)[O-].CS(C)=O.CS(C)=O.[Ce+3].[Ce+3].[OH3+].[OH3+]. The van der Waals surface area contributed by atoms with E-state index in [1.807, 2.05) is 114 Å². The molecule has 0 unspecified atom stereocenters. The number of hydrogen-bond acceptors (Lipinski definition) is 20. The standard InChI is InChI=1S/6C11H12O3.2C2H6OS.2Ce.2H2O/c6*1-2-14-10-6-4-3-5-9(10)7-8-11(12)13;2*1-4(2)3;;;;/h6*3-8H,2H2,1H3,(H,12,13);2*1-2H3;;;2*1H2/q;;;;;;;;2*+3;;/p-4/b6*8-7+;;;;;;. The minimum atomic E-state index is -1.21. The summed E-state index contributed by atoms with van der Waals surface area (Å²) < 4.78 is 50.9. The van der Waals surface area contributed by atoms with Gasteiger partial charge in [-0.3, -0.25) is 8.42 Å². The van der Waals surface area contributed by atoms with Gasteiger partial charge in [0.15, 0.2) is 0 Å². The largest absolute Gasteiger partial charge is 3.00 e. The molecule has 514 valence electrons. The second-order valence-electron chi connectivity index (χ2n) is 17.2. The van der Waals surface area contributed by atoms with Crippen LogP contribution in [0, 0.1) is 83.5 Å². The summed E-state index contributed by atoms with van der Waals surface area (Å²) in [7, 11) is -1.22. The molecular weight excluding hydrogens is 1540 g/mol. The van der Waals surface area contributed by atoms with Crippen LogP contribution >= 0.6 is 0 Å². The zero-order valence-corrected chi connectivity index (χ0v) is 63.1. The second kappa shape index (κ2) is 64.7. The summed E-state index contributed by atoms with van der Waals surface area (Å²) in [6.45, 7) is 14.6. The van der Waals surface area contributed by atoms with Crippen LogP contribution in [0.2, 0.25) is 0 Å². The monoisotopic (exact) mass is 1620 g/mol. The Bertz CT molecular complexity index is 2820. The van der Waals surface area contributed by atoms with Gasteiger partial charge in [0.05, 0.1) is 75.5 Å². The topological polar surface area (TPSA) is 396 Å². The first kappa shape index (κ1) is 99.4. The molecule has 0 fully saturated rings. The number of carboxylic acid groups (broad SMARTS) is 6. The quantitative estimate of drug-likeness (QED) is 0.0620. The smallest absolute Gasteiger partial charge is 0.545 e. The molecule has 0 spiro atoms. The summed E-state index contributed by atoms with van der Waals surface area (Å²) in [5.74, 6) is -3.23. The van der Waals surface area contributed by atoms with Gasteiger partial charge in [-0.1, -0.05) is 109 Å². The molecule has 6 rings (SSSR count). The Kier molecular flexibility index (Phi) is 67.0. The third-order valence-corrected chi connectivity index (χ3v) is 9.71. The van der Waals surface area contributed by atoms with Crippen molar-refractivity contribution in [1.29, 1.82) is 0 Å². The molecule has 0 amide bonds. The van der Waals surface area contributed by atoms with Crippen LogP contribution in [0.4, 0.5) is 0 Å². The van der Waals surface area contributed by atoms with Crippen LogP contribution in [-0.2, 0) is 61.3 Å². The van der Waals surface area contributed by atoms with Gasteiger partial charge in [0.2, 0.25) is 0 Å². The zero-order chi connectivity index (χ0) is 69.5. The molecule has 6 N–H and O–H groups in total. The fourth-order valence-corrected chi connectivity index (χ4v) is 6.38. The van der Waals surface area contributed by atoms with Crippen molar-refractivity contribution in [2.75, 3.05) is 64.7 Å². The molecule has 0 aliphatic heterocycles. The van der Waals surface area contributed by atoms with E-state index in [1.54, 1.807) is 97.8 Å². The van der Waals surface area contributed by atoms with Crippen LogP contribution in [0.25, 0.3) is 36.5 Å². The molecule has 26 heteroatoms. The van der Waals surface area contributed by atoms with Gasteiger partial charge >= 0.3 is 83.5 Å². The average Bonchev–Trinajstić information content (AvgIpc) is 1.10. The van der Waals surface area contributed by atoms with E-state index < -0.39 is 57.4 Å². The van der Waals surface area contributed by atoms with Crippen molar-refractivity contribution in [2.45, 2.75) is 41.5 Å². The molecule has 0 heterocycles. The van der Waals surface area contributed by atoms with E-state index in [0.29, 0.717) is 74.1 Å². The van der Waals surface area contributed by atoms with Crippen LogP contribution in [0.15, 0.2) is 182 Å². The molecule has 2 radical (unpaired) electrons. The second-order valence-corrected chi connectivity index (χ2v) is 20.2. The van der Waals surface area contributed by atoms with Crippen molar-refractivity contribution >= 4 is 93.9 Å². The fraction of sp³-hybridized carbons (Fsp3) is 0.229. The molecule has 0 atom stereocenters. The van der Waals surface area contributed by atoms with E-state index in [0.717, 1.165) is 69.8 Å². The first-order valence-electron chi connectivity index (χ1n) is 28.0. The fourth-order valence-electron chi connectivity index (χ4n) is 6.38. The third-order valence-electron chi connectivity index (χ3n) is 9.71. The van der Waals surface area contributed by atoms with Gasteiger partial charge in [0, 0.05) is 80.0 Å². The van der Waals surface area contributed by atoms with E-state index in [2.05, 4.69) is 0 Å². The Morgan fingerprint density at radius 1 is 0.281 bits per heavy atom. The van der Waals surface area contributed by atoms with Crippen LogP contribution in [0.5, 0.6) is 34.5 Å². The van der Waals surface area contributed by atoms with Crippen molar-refractivity contribution in [3.8, 4) is 34.5 Å². The van der Waals surface area contributed by atoms with Gasteiger partial charge in [0.25, 0.3) is 0 Å². The summed E-state index contributed by atoms with van der Waals surface area (Å²) in [5, 5.41) is 61.2. The van der Waals surface area contributed by atoms with E-state index in [1.165, 1.54) is 36.5 Å². The van der Waals surface area contributed by atoms with Crippen molar-refractivity contribution < 1.29 is 191 Å². The Morgan fingerprint density at radius 3 is 0.479 bits per heavy atom. The van der Waals surface area contributed by atoms with Crippen molar-refractivity contribution in [3.63, 3.8) is 0 Å². The van der Waals surface area contributed by atoms with Crippen LogP contribution in [-0.4, -0.2) is 109 Å². The van der Waals surface area contributed by atoms with E-state index >= 15 is 0 Å². The Labute approximate surface area is 634 Å². The normalized spacial score (nSPS) is 9.79. The maximum Gasteiger partial charge on any atom is 3.00 e. The van der Waals surface area contributed by atoms with Gasteiger partial charge < -0.3 is 98.8 Å². The molecule has 0 saturated carbocycles. The van der Waals surface area contributed by atoms with E-state index in [-0.39, 0.29) is 94.4 Å². The number of carbonyl (C=O) groups is 6. The van der Waals surface area contributed by atoms with Crippen molar-refractivity contribution in [2.24, 2.45) is 0 Å². The summed E-state index contributed by atoms with van der Waals surface area (Å²) in [5.41, 5.74) is 4.41. The first-order valence-corrected chi connectivity index (χ1v) is 32.0. The van der Waals surface area contributed by atoms with Gasteiger partial charge in [-0.25, -0.2) is 0 Å². The average molecular weight is 1620 g/mol. The van der Waals surface area contributed by atoms with Crippen LogP contribution in [0.3, 0.4) is 0 Å². The third kappa shape index (κ3) is 55.6. The van der Waals surface area contributed by atoms with Gasteiger partial charge in [-0.15, -0.1) is 0 Å². The molecule has 0 bridgehead atoms. The predicted octanol–water partition coefficient (Wildman–Crippen LogP) is 3.24. The zero-order valence-electron chi connectivity index (χ0n) is 55.2. The summed E-state index contributed by atoms with van der Waals surface area (Å²) in [6.07, 6.45) is 21.2. The molecule has 22 nitrogen and oxygen atoms in total. The van der Waals surface area contributed by atoms with Crippen LogP contribution in [0.1, 0.15) is 74.9 Å². The van der Waals surface area contributed by atoms with Gasteiger partial charge in [-0.05, 0) is 151 Å². The predicted molar refractivity (Wildman–Crippen MR) is 360 cm³/mol. The van der Waals surface area contributed by atoms with Crippen LogP contribution < -0.4 is 59.1 Å². The maximum absolute atomic E-state index is 10.2. The van der Waals surface area contributed by atoms with E-state index in [9.17, 15) is 67.8 Å². The van der Waals surface area contributed by atoms with Crippen molar-refractivity contribution in [3.05, 3.63) is 215 Å². The summed E-state index contributed by atoms with van der Waals surface area (Å²) in [4.78, 5) is 61.2. The van der Waals surface area contributed by atoms with Crippen molar-refractivity contribution in [1.82, 2.24) is 0 Å². The first-order chi connectivity index (χ1) is 43.9. The Hall–Kier alpha value is -7.65. The molecule has 0 aliphatic carbocycles. The summed E-state index contributed by atoms with van der Waals surface area (Å²) in [6, 6.07) is 43.3. The maximum atomic E-state index is 10.2. The van der Waals surface area contributed by atoms with E-state index in [4.69, 9.17) is 28.4 Å².